The van der Waals surface area contributed by atoms with Gasteiger partial charge in [-0.25, -0.2) is 0 Å². The fourth-order valence-electron chi connectivity index (χ4n) is 1.96. The Morgan fingerprint density at radius 1 is 1.39 bits per heavy atom. The van der Waals surface area contributed by atoms with E-state index < -0.39 is 0 Å². The molecule has 0 amide bonds. The van der Waals surface area contributed by atoms with Crippen molar-refractivity contribution < 1.29 is 0 Å². The lowest BCUT2D eigenvalue weighted by atomic mass is 10.2. The van der Waals surface area contributed by atoms with E-state index in [2.05, 4.69) is 32.2 Å². The molecule has 0 radical (unpaired) electrons. The normalized spacial score (nSPS) is 16.2. The molecule has 0 atom stereocenters. The molecule has 0 bridgehead atoms. The number of rotatable bonds is 4. The zero-order chi connectivity index (χ0) is 12.8. The molecule has 0 aliphatic carbocycles. The minimum Gasteiger partial charge on any atom is -0.383 e. The van der Waals surface area contributed by atoms with Gasteiger partial charge in [-0.05, 0) is 28.1 Å². The van der Waals surface area contributed by atoms with Crippen molar-refractivity contribution in [3.05, 3.63) is 28.2 Å². The molecule has 0 unspecified atom stereocenters. The number of hydrogen-bond acceptors (Lipinski definition) is 4. The van der Waals surface area contributed by atoms with E-state index >= 15 is 0 Å². The van der Waals surface area contributed by atoms with Gasteiger partial charge >= 0.3 is 0 Å². The predicted molar refractivity (Wildman–Crippen MR) is 81.1 cm³/mol. The van der Waals surface area contributed by atoms with E-state index in [1.165, 1.54) is 24.6 Å². The van der Waals surface area contributed by atoms with Gasteiger partial charge in [0.2, 0.25) is 0 Å². The Kier molecular flexibility index (Phi) is 5.36. The first kappa shape index (κ1) is 13.7. The fourth-order valence-corrected chi connectivity index (χ4v) is 3.39. The van der Waals surface area contributed by atoms with Crippen molar-refractivity contribution in [2.45, 2.75) is 0 Å². The maximum Gasteiger partial charge on any atom is 0.103 e. The highest BCUT2D eigenvalue weighted by Gasteiger charge is 2.10. The Morgan fingerprint density at radius 3 is 2.89 bits per heavy atom. The summed E-state index contributed by atoms with van der Waals surface area (Å²) in [5.74, 6) is 2.47. The second-order valence-electron chi connectivity index (χ2n) is 4.15. The number of anilines is 1. The van der Waals surface area contributed by atoms with Gasteiger partial charge in [-0.2, -0.15) is 17.0 Å². The number of benzene rings is 1. The Hall–Kier alpha value is -0.700. The zero-order valence-electron chi connectivity index (χ0n) is 10.2. The van der Waals surface area contributed by atoms with Crippen LogP contribution < -0.4 is 5.32 Å². The lowest BCUT2D eigenvalue weighted by Crippen LogP contribution is -2.36. The molecule has 1 aliphatic heterocycles. The van der Waals surface area contributed by atoms with E-state index in [1.54, 1.807) is 0 Å². The van der Waals surface area contributed by atoms with Gasteiger partial charge in [0.05, 0.1) is 11.3 Å². The van der Waals surface area contributed by atoms with Crippen LogP contribution in [-0.2, 0) is 0 Å². The molecule has 2 rings (SSSR count). The van der Waals surface area contributed by atoms with Crippen molar-refractivity contribution in [2.75, 3.05) is 43.0 Å². The summed E-state index contributed by atoms with van der Waals surface area (Å²) in [4.78, 5) is 2.47. The van der Waals surface area contributed by atoms with Crippen molar-refractivity contribution in [1.82, 2.24) is 4.90 Å². The van der Waals surface area contributed by atoms with Gasteiger partial charge in [0.15, 0.2) is 0 Å². The van der Waals surface area contributed by atoms with E-state index in [4.69, 9.17) is 5.26 Å². The smallest absolute Gasteiger partial charge is 0.103 e. The average molecular weight is 326 g/mol. The molecule has 1 N–H and O–H groups in total. The fraction of sp³-hybridized carbons (Fsp3) is 0.462. The first-order valence-corrected chi connectivity index (χ1v) is 7.98. The first-order valence-electron chi connectivity index (χ1n) is 6.04. The van der Waals surface area contributed by atoms with Crippen LogP contribution in [0.25, 0.3) is 0 Å². The topological polar surface area (TPSA) is 39.1 Å². The van der Waals surface area contributed by atoms with Gasteiger partial charge in [0, 0.05) is 42.2 Å². The van der Waals surface area contributed by atoms with Crippen LogP contribution in [0.2, 0.25) is 0 Å². The molecule has 1 aromatic carbocycles. The Morgan fingerprint density at radius 2 is 2.17 bits per heavy atom. The summed E-state index contributed by atoms with van der Waals surface area (Å²) in [6.45, 7) is 4.28. The molecule has 1 aliphatic rings. The summed E-state index contributed by atoms with van der Waals surface area (Å²) >= 11 is 5.43. The van der Waals surface area contributed by atoms with Gasteiger partial charge in [0.1, 0.15) is 6.07 Å². The molecule has 0 spiro atoms. The third-order valence-electron chi connectivity index (χ3n) is 2.97. The molecule has 18 heavy (non-hydrogen) atoms. The van der Waals surface area contributed by atoms with Gasteiger partial charge in [-0.15, -0.1) is 0 Å². The van der Waals surface area contributed by atoms with Gasteiger partial charge in [-0.3, -0.25) is 4.90 Å². The third kappa shape index (κ3) is 3.64. The second kappa shape index (κ2) is 7.03. The van der Waals surface area contributed by atoms with E-state index in [0.717, 1.165) is 23.2 Å². The number of nitrogens with zero attached hydrogens (tertiary/aromatic N) is 2. The van der Waals surface area contributed by atoms with Crippen LogP contribution in [-0.4, -0.2) is 42.6 Å². The summed E-state index contributed by atoms with van der Waals surface area (Å²) in [6.07, 6.45) is 0. The number of thioether (sulfide) groups is 1. The standard InChI is InChI=1S/C13H16BrN3S/c14-12-2-1-3-13(11(12)10-15)16-4-5-17-6-8-18-9-7-17/h1-3,16H,4-9H2. The summed E-state index contributed by atoms with van der Waals surface area (Å²) in [5.41, 5.74) is 1.60. The molecule has 1 fully saturated rings. The van der Waals surface area contributed by atoms with Crippen molar-refractivity contribution >= 4 is 33.4 Å². The molecular formula is C13H16BrN3S. The molecule has 1 aromatic rings. The highest BCUT2D eigenvalue weighted by molar-refractivity contribution is 9.10. The van der Waals surface area contributed by atoms with E-state index in [1.807, 2.05) is 30.0 Å². The van der Waals surface area contributed by atoms with Crippen molar-refractivity contribution in [2.24, 2.45) is 0 Å². The quantitative estimate of drug-likeness (QED) is 0.923. The summed E-state index contributed by atoms with van der Waals surface area (Å²) in [5, 5.41) is 12.5. The second-order valence-corrected chi connectivity index (χ2v) is 6.23. The van der Waals surface area contributed by atoms with Crippen LogP contribution in [0.3, 0.4) is 0 Å². The van der Waals surface area contributed by atoms with E-state index in [0.29, 0.717) is 5.56 Å². The Labute approximate surface area is 121 Å². The van der Waals surface area contributed by atoms with Crippen LogP contribution in [0, 0.1) is 11.3 Å². The number of hydrogen-bond donors (Lipinski definition) is 1. The molecular weight excluding hydrogens is 310 g/mol. The molecule has 3 nitrogen and oxygen atoms in total. The number of halogens is 1. The van der Waals surface area contributed by atoms with Crippen molar-refractivity contribution in [3.63, 3.8) is 0 Å². The highest BCUT2D eigenvalue weighted by atomic mass is 79.9. The third-order valence-corrected chi connectivity index (χ3v) is 4.58. The maximum absolute atomic E-state index is 9.11. The molecule has 0 aromatic heterocycles. The van der Waals surface area contributed by atoms with Gasteiger partial charge in [-0.1, -0.05) is 6.07 Å². The largest absolute Gasteiger partial charge is 0.383 e. The summed E-state index contributed by atoms with van der Waals surface area (Å²) in [6, 6.07) is 8.02. The molecule has 1 saturated heterocycles. The Bertz CT molecular complexity index is 438. The number of nitriles is 1. The van der Waals surface area contributed by atoms with Crippen LogP contribution >= 0.6 is 27.7 Å². The molecule has 96 valence electrons. The van der Waals surface area contributed by atoms with Gasteiger partial charge in [0.25, 0.3) is 0 Å². The average Bonchev–Trinajstić information content (AvgIpc) is 2.40. The van der Waals surface area contributed by atoms with Gasteiger partial charge < -0.3 is 5.32 Å². The monoisotopic (exact) mass is 325 g/mol. The SMILES string of the molecule is N#Cc1c(Br)cccc1NCCN1CCSCC1. The summed E-state index contributed by atoms with van der Waals surface area (Å²) < 4.78 is 0.851. The molecule has 1 heterocycles. The molecule has 0 saturated carbocycles. The molecule has 5 heteroatoms. The van der Waals surface area contributed by atoms with E-state index in [9.17, 15) is 0 Å². The van der Waals surface area contributed by atoms with Crippen LogP contribution in [0.5, 0.6) is 0 Å². The lowest BCUT2D eigenvalue weighted by Gasteiger charge is -2.26. The highest BCUT2D eigenvalue weighted by Crippen LogP contribution is 2.23. The van der Waals surface area contributed by atoms with Crippen molar-refractivity contribution in [1.29, 1.82) is 5.26 Å². The van der Waals surface area contributed by atoms with E-state index in [-0.39, 0.29) is 0 Å². The van der Waals surface area contributed by atoms with Crippen LogP contribution in [0.4, 0.5) is 5.69 Å². The Balaban J connectivity index is 1.86. The summed E-state index contributed by atoms with van der Waals surface area (Å²) in [7, 11) is 0. The van der Waals surface area contributed by atoms with Crippen LogP contribution in [0.15, 0.2) is 22.7 Å². The van der Waals surface area contributed by atoms with Crippen LogP contribution in [0.1, 0.15) is 5.56 Å². The minimum absolute atomic E-state index is 0.687. The zero-order valence-corrected chi connectivity index (χ0v) is 12.6. The maximum atomic E-state index is 9.11. The lowest BCUT2D eigenvalue weighted by molar-refractivity contribution is 0.314. The minimum atomic E-state index is 0.687. The first-order chi connectivity index (χ1) is 8.81. The predicted octanol–water partition coefficient (Wildman–Crippen LogP) is 2.78. The number of nitrogens with one attached hydrogen (secondary N) is 1. The van der Waals surface area contributed by atoms with Crippen molar-refractivity contribution in [3.8, 4) is 6.07 Å².